The van der Waals surface area contributed by atoms with Gasteiger partial charge in [0.05, 0.1) is 20.8 Å². The molecular formula is C17H19ClN2O5S. The zero-order valence-electron chi connectivity index (χ0n) is 14.5. The lowest BCUT2D eigenvalue weighted by Gasteiger charge is -2.18. The normalized spacial score (nSPS) is 11.3. The molecule has 2 aromatic rings. The third-order valence-electron chi connectivity index (χ3n) is 3.53. The molecule has 26 heavy (non-hydrogen) atoms. The average Bonchev–Trinajstić information content (AvgIpc) is 2.61. The van der Waals surface area contributed by atoms with Crippen molar-refractivity contribution >= 4 is 33.2 Å². The molecular weight excluding hydrogens is 380 g/mol. The van der Waals surface area contributed by atoms with Crippen LogP contribution in [-0.4, -0.2) is 46.4 Å². The van der Waals surface area contributed by atoms with Crippen molar-refractivity contribution in [2.24, 2.45) is 0 Å². The standard InChI is InChI=1S/C17H19ClN2O5S/c1-20(11-17(21)19-13-5-4-6-14(10-13)24-2)26(22,23)16-9-12(18)7-8-15(16)25-3/h4-10H,11H2,1-3H3,(H,19,21). The van der Waals surface area contributed by atoms with E-state index in [9.17, 15) is 13.2 Å². The molecule has 140 valence electrons. The van der Waals surface area contributed by atoms with Crippen LogP contribution in [0.1, 0.15) is 0 Å². The molecule has 1 N–H and O–H groups in total. The fourth-order valence-electron chi connectivity index (χ4n) is 2.21. The molecule has 0 spiro atoms. The second-order valence-electron chi connectivity index (χ2n) is 5.34. The van der Waals surface area contributed by atoms with Crippen molar-refractivity contribution < 1.29 is 22.7 Å². The molecule has 0 fully saturated rings. The van der Waals surface area contributed by atoms with E-state index in [-0.39, 0.29) is 22.2 Å². The number of rotatable bonds is 7. The first-order valence-corrected chi connectivity index (χ1v) is 9.33. The predicted molar refractivity (Wildman–Crippen MR) is 99.4 cm³/mol. The third-order valence-corrected chi connectivity index (χ3v) is 5.59. The van der Waals surface area contributed by atoms with Gasteiger partial charge >= 0.3 is 0 Å². The fraction of sp³-hybridized carbons (Fsp3) is 0.235. The Bertz CT molecular complexity index is 902. The summed E-state index contributed by atoms with van der Waals surface area (Å²) in [6.45, 7) is -0.380. The molecule has 2 rings (SSSR count). The van der Waals surface area contributed by atoms with Gasteiger partial charge in [0.15, 0.2) is 0 Å². The largest absolute Gasteiger partial charge is 0.497 e. The Morgan fingerprint density at radius 3 is 2.54 bits per heavy atom. The molecule has 0 heterocycles. The number of carbonyl (C=O) groups excluding carboxylic acids is 1. The van der Waals surface area contributed by atoms with Gasteiger partial charge in [-0.05, 0) is 30.3 Å². The highest BCUT2D eigenvalue weighted by atomic mass is 35.5. The highest BCUT2D eigenvalue weighted by Crippen LogP contribution is 2.29. The fourth-order valence-corrected chi connectivity index (χ4v) is 3.75. The number of hydrogen-bond acceptors (Lipinski definition) is 5. The van der Waals surface area contributed by atoms with Crippen molar-refractivity contribution in [1.29, 1.82) is 0 Å². The molecule has 2 aromatic carbocycles. The summed E-state index contributed by atoms with van der Waals surface area (Å²) in [6.07, 6.45) is 0. The molecule has 0 aromatic heterocycles. The highest BCUT2D eigenvalue weighted by molar-refractivity contribution is 7.89. The van der Waals surface area contributed by atoms with E-state index in [1.165, 1.54) is 39.5 Å². The molecule has 0 atom stereocenters. The van der Waals surface area contributed by atoms with Gasteiger partial charge in [-0.25, -0.2) is 8.42 Å². The first-order valence-electron chi connectivity index (χ1n) is 7.51. The van der Waals surface area contributed by atoms with Crippen LogP contribution in [0.25, 0.3) is 0 Å². The first kappa shape index (κ1) is 20.0. The van der Waals surface area contributed by atoms with Gasteiger partial charge in [0.25, 0.3) is 0 Å². The minimum absolute atomic E-state index is 0.107. The minimum atomic E-state index is -3.97. The topological polar surface area (TPSA) is 84.9 Å². The van der Waals surface area contributed by atoms with Crippen LogP contribution < -0.4 is 14.8 Å². The van der Waals surface area contributed by atoms with Crippen molar-refractivity contribution in [3.05, 3.63) is 47.5 Å². The summed E-state index contributed by atoms with van der Waals surface area (Å²) in [7, 11) is 0.213. The second kappa shape index (κ2) is 8.39. The number of likely N-dealkylation sites (N-methyl/N-ethyl adjacent to an activating group) is 1. The first-order chi connectivity index (χ1) is 12.3. The van der Waals surface area contributed by atoms with Crippen molar-refractivity contribution in [3.8, 4) is 11.5 Å². The quantitative estimate of drug-likeness (QED) is 0.774. The Morgan fingerprint density at radius 1 is 1.15 bits per heavy atom. The molecule has 7 nitrogen and oxygen atoms in total. The van der Waals surface area contributed by atoms with E-state index in [4.69, 9.17) is 21.1 Å². The molecule has 9 heteroatoms. The number of sulfonamides is 1. The molecule has 0 bridgehead atoms. The number of anilines is 1. The Labute approximate surface area is 157 Å². The monoisotopic (exact) mass is 398 g/mol. The van der Waals surface area contributed by atoms with Gasteiger partial charge in [0.2, 0.25) is 15.9 Å². The van der Waals surface area contributed by atoms with Crippen molar-refractivity contribution in [2.75, 3.05) is 33.1 Å². The van der Waals surface area contributed by atoms with Crippen LogP contribution in [0.2, 0.25) is 5.02 Å². The smallest absolute Gasteiger partial charge is 0.247 e. The van der Waals surface area contributed by atoms with Gasteiger partial charge in [-0.3, -0.25) is 4.79 Å². The summed E-state index contributed by atoms with van der Waals surface area (Å²) in [5.74, 6) is 0.229. The summed E-state index contributed by atoms with van der Waals surface area (Å²) in [4.78, 5) is 12.1. The van der Waals surface area contributed by atoms with Crippen LogP contribution in [0.3, 0.4) is 0 Å². The third kappa shape index (κ3) is 4.66. The SMILES string of the molecule is COc1cccc(NC(=O)CN(C)S(=O)(=O)c2cc(Cl)ccc2OC)c1. The highest BCUT2D eigenvalue weighted by Gasteiger charge is 2.26. The lowest BCUT2D eigenvalue weighted by Crippen LogP contribution is -2.35. The predicted octanol–water partition coefficient (Wildman–Crippen LogP) is 2.62. The number of methoxy groups -OCH3 is 2. The van der Waals surface area contributed by atoms with Gasteiger partial charge in [-0.2, -0.15) is 4.31 Å². The Kier molecular flexibility index (Phi) is 6.47. The molecule has 0 unspecified atom stereocenters. The Hall–Kier alpha value is -2.29. The second-order valence-corrected chi connectivity index (χ2v) is 7.79. The maximum atomic E-state index is 12.7. The number of ether oxygens (including phenoxy) is 2. The summed E-state index contributed by atoms with van der Waals surface area (Å²) in [6, 6.07) is 11.0. The van der Waals surface area contributed by atoms with Crippen LogP contribution >= 0.6 is 11.6 Å². The average molecular weight is 399 g/mol. The van der Waals surface area contributed by atoms with Crippen molar-refractivity contribution in [3.63, 3.8) is 0 Å². The van der Waals surface area contributed by atoms with E-state index in [1.807, 2.05) is 0 Å². The lowest BCUT2D eigenvalue weighted by molar-refractivity contribution is -0.116. The van der Waals surface area contributed by atoms with E-state index >= 15 is 0 Å². The minimum Gasteiger partial charge on any atom is -0.497 e. The summed E-state index contributed by atoms with van der Waals surface area (Å²) in [5, 5.41) is 2.88. The van der Waals surface area contributed by atoms with Gasteiger partial charge in [0, 0.05) is 23.8 Å². The molecule has 1 amide bonds. The Morgan fingerprint density at radius 2 is 1.88 bits per heavy atom. The molecule has 0 saturated heterocycles. The van der Waals surface area contributed by atoms with E-state index in [0.717, 1.165) is 4.31 Å². The number of carbonyl (C=O) groups is 1. The summed E-state index contributed by atoms with van der Waals surface area (Å²) in [5.41, 5.74) is 0.500. The molecule has 0 radical (unpaired) electrons. The van der Waals surface area contributed by atoms with Crippen LogP contribution in [0.4, 0.5) is 5.69 Å². The zero-order valence-corrected chi connectivity index (χ0v) is 16.1. The van der Waals surface area contributed by atoms with E-state index in [2.05, 4.69) is 5.32 Å². The number of benzene rings is 2. The lowest BCUT2D eigenvalue weighted by atomic mass is 10.3. The Balaban J connectivity index is 2.16. The van der Waals surface area contributed by atoms with Crippen LogP contribution in [0, 0.1) is 0 Å². The maximum Gasteiger partial charge on any atom is 0.247 e. The molecule has 0 saturated carbocycles. The van der Waals surface area contributed by atoms with Crippen LogP contribution in [0.5, 0.6) is 11.5 Å². The number of nitrogens with one attached hydrogen (secondary N) is 1. The van der Waals surface area contributed by atoms with E-state index in [0.29, 0.717) is 11.4 Å². The molecule has 0 aliphatic carbocycles. The maximum absolute atomic E-state index is 12.7. The van der Waals surface area contributed by atoms with Gasteiger partial charge in [-0.1, -0.05) is 17.7 Å². The number of amides is 1. The number of nitrogens with zero attached hydrogens (tertiary/aromatic N) is 1. The number of halogens is 1. The zero-order chi connectivity index (χ0) is 19.3. The van der Waals surface area contributed by atoms with Gasteiger partial charge in [0.1, 0.15) is 16.4 Å². The van der Waals surface area contributed by atoms with E-state index in [1.54, 1.807) is 24.3 Å². The van der Waals surface area contributed by atoms with Crippen LogP contribution in [0.15, 0.2) is 47.4 Å². The summed E-state index contributed by atoms with van der Waals surface area (Å²) >= 11 is 5.90. The van der Waals surface area contributed by atoms with Gasteiger partial charge in [-0.15, -0.1) is 0 Å². The van der Waals surface area contributed by atoms with Crippen LogP contribution in [-0.2, 0) is 14.8 Å². The molecule has 0 aliphatic rings. The summed E-state index contributed by atoms with van der Waals surface area (Å²) < 4.78 is 36.6. The number of hydrogen-bond donors (Lipinski definition) is 1. The molecule has 0 aliphatic heterocycles. The van der Waals surface area contributed by atoms with Crippen molar-refractivity contribution in [1.82, 2.24) is 4.31 Å². The van der Waals surface area contributed by atoms with E-state index < -0.39 is 15.9 Å². The van der Waals surface area contributed by atoms with Gasteiger partial charge < -0.3 is 14.8 Å². The van der Waals surface area contributed by atoms with Crippen molar-refractivity contribution in [2.45, 2.75) is 4.90 Å².